The normalized spacial score (nSPS) is 23.9. The van der Waals surface area contributed by atoms with Gasteiger partial charge in [-0.1, -0.05) is 17.7 Å². The Morgan fingerprint density at radius 3 is 2.74 bits per heavy atom. The second-order valence-electron chi connectivity index (χ2n) is 5.10. The third kappa shape index (κ3) is 2.46. The topological polar surface area (TPSA) is 20.7 Å². The Bertz CT molecular complexity index is 638. The lowest BCUT2D eigenvalue weighted by atomic mass is 9.94. The van der Waals surface area contributed by atoms with Crippen LogP contribution in [0.15, 0.2) is 18.2 Å². The quantitative estimate of drug-likeness (QED) is 0.769. The smallest absolute Gasteiger partial charge is 0.178 e. The van der Waals surface area contributed by atoms with E-state index in [0.29, 0.717) is 6.04 Å². The zero-order valence-electron chi connectivity index (χ0n) is 10.9. The van der Waals surface area contributed by atoms with E-state index in [4.69, 9.17) is 23.8 Å². The number of fused-ring (bicyclic) bond motifs is 1. The summed E-state index contributed by atoms with van der Waals surface area (Å²) in [7, 11) is 0. The number of nitrogens with one attached hydrogen (secondary N) is 1. The van der Waals surface area contributed by atoms with E-state index in [-0.39, 0.29) is 0 Å². The summed E-state index contributed by atoms with van der Waals surface area (Å²) in [6.07, 6.45) is 7.13. The molecule has 5 heteroatoms. The van der Waals surface area contributed by atoms with Crippen molar-refractivity contribution >= 4 is 46.6 Å². The largest absolute Gasteiger partial charge is 0.331 e. The maximum absolute atomic E-state index is 6.36. The molecule has 0 spiro atoms. The number of halogens is 1. The van der Waals surface area contributed by atoms with Gasteiger partial charge >= 0.3 is 0 Å². The molecule has 1 aromatic heterocycles. The predicted octanol–water partition coefficient (Wildman–Crippen LogP) is 5.20. The van der Waals surface area contributed by atoms with Crippen molar-refractivity contribution < 1.29 is 0 Å². The van der Waals surface area contributed by atoms with Gasteiger partial charge in [-0.3, -0.25) is 0 Å². The van der Waals surface area contributed by atoms with Crippen molar-refractivity contribution in [1.82, 2.24) is 9.55 Å². The van der Waals surface area contributed by atoms with E-state index in [9.17, 15) is 0 Å². The minimum absolute atomic E-state index is 0.490. The van der Waals surface area contributed by atoms with Crippen molar-refractivity contribution in [3.63, 3.8) is 0 Å². The number of nitrogens with zero attached hydrogens (tertiary/aromatic N) is 1. The highest BCUT2D eigenvalue weighted by molar-refractivity contribution is 7.99. The molecule has 19 heavy (non-hydrogen) atoms. The average Bonchev–Trinajstić information content (AvgIpc) is 2.76. The van der Waals surface area contributed by atoms with E-state index >= 15 is 0 Å². The van der Waals surface area contributed by atoms with Crippen LogP contribution in [0.25, 0.3) is 11.0 Å². The fourth-order valence-electron chi connectivity index (χ4n) is 3.03. The van der Waals surface area contributed by atoms with Crippen LogP contribution in [-0.2, 0) is 0 Å². The second kappa shape index (κ2) is 5.51. The maximum atomic E-state index is 6.36. The van der Waals surface area contributed by atoms with Crippen molar-refractivity contribution in [2.75, 3.05) is 6.26 Å². The highest BCUT2D eigenvalue weighted by Gasteiger charge is 2.24. The Morgan fingerprint density at radius 1 is 1.32 bits per heavy atom. The van der Waals surface area contributed by atoms with E-state index in [1.807, 2.05) is 30.0 Å². The van der Waals surface area contributed by atoms with Crippen LogP contribution >= 0.6 is 35.6 Å². The number of aromatic amines is 1. The summed E-state index contributed by atoms with van der Waals surface area (Å²) in [4.78, 5) is 3.28. The summed E-state index contributed by atoms with van der Waals surface area (Å²) in [5.74, 6) is 0. The molecule has 0 saturated heterocycles. The minimum Gasteiger partial charge on any atom is -0.331 e. The van der Waals surface area contributed by atoms with Gasteiger partial charge in [0.1, 0.15) is 0 Å². The molecule has 1 N–H and O–H groups in total. The summed E-state index contributed by atoms with van der Waals surface area (Å²) >= 11 is 13.8. The molecule has 1 aromatic carbocycles. The molecule has 0 unspecified atom stereocenters. The highest BCUT2D eigenvalue weighted by Crippen LogP contribution is 2.36. The van der Waals surface area contributed by atoms with Crippen LogP contribution in [0, 0.1) is 4.77 Å². The zero-order chi connectivity index (χ0) is 13.4. The van der Waals surface area contributed by atoms with Crippen molar-refractivity contribution in [3.05, 3.63) is 28.0 Å². The number of hydrogen-bond acceptors (Lipinski definition) is 2. The van der Waals surface area contributed by atoms with E-state index in [0.717, 1.165) is 26.1 Å². The number of H-pyrrole nitrogens is 1. The van der Waals surface area contributed by atoms with Gasteiger partial charge in [0.15, 0.2) is 4.77 Å². The summed E-state index contributed by atoms with van der Waals surface area (Å²) in [6.45, 7) is 0. The van der Waals surface area contributed by atoms with Crippen LogP contribution in [0.2, 0.25) is 5.02 Å². The van der Waals surface area contributed by atoms with E-state index in [2.05, 4.69) is 15.8 Å². The average molecular weight is 313 g/mol. The molecule has 1 saturated carbocycles. The number of rotatable bonds is 2. The van der Waals surface area contributed by atoms with Crippen LogP contribution in [-0.4, -0.2) is 21.1 Å². The molecule has 0 radical (unpaired) electrons. The van der Waals surface area contributed by atoms with Crippen molar-refractivity contribution in [3.8, 4) is 0 Å². The first-order chi connectivity index (χ1) is 9.20. The molecule has 0 atom stereocenters. The summed E-state index contributed by atoms with van der Waals surface area (Å²) < 4.78 is 3.04. The second-order valence-corrected chi connectivity index (χ2v) is 7.03. The molecule has 1 fully saturated rings. The molecule has 1 aliphatic rings. The molecular formula is C14H17ClN2S2. The van der Waals surface area contributed by atoms with Crippen LogP contribution in [0.3, 0.4) is 0 Å². The lowest BCUT2D eigenvalue weighted by Gasteiger charge is -2.28. The minimum atomic E-state index is 0.490. The summed E-state index contributed by atoms with van der Waals surface area (Å²) in [5, 5.41) is 1.60. The Kier molecular flexibility index (Phi) is 3.92. The number of para-hydroxylation sites is 1. The standard InChI is InChI=1S/C14H17ClN2S2/c1-19-10-7-5-9(6-8-10)17-13-11(15)3-2-4-12(13)16-14(17)18/h2-4,9-10H,5-8H2,1H3,(H,16,18). The molecule has 0 amide bonds. The molecule has 0 aliphatic heterocycles. The highest BCUT2D eigenvalue weighted by atomic mass is 35.5. The van der Waals surface area contributed by atoms with Gasteiger partial charge in [0.2, 0.25) is 0 Å². The van der Waals surface area contributed by atoms with Crippen molar-refractivity contribution in [2.24, 2.45) is 0 Å². The van der Waals surface area contributed by atoms with Crippen molar-refractivity contribution in [2.45, 2.75) is 37.0 Å². The van der Waals surface area contributed by atoms with Crippen LogP contribution < -0.4 is 0 Å². The molecule has 0 bridgehead atoms. The van der Waals surface area contributed by atoms with Gasteiger partial charge in [0.05, 0.1) is 16.1 Å². The number of aromatic nitrogens is 2. The number of hydrogen-bond donors (Lipinski definition) is 1. The van der Waals surface area contributed by atoms with Crippen LogP contribution in [0.4, 0.5) is 0 Å². The molecule has 102 valence electrons. The first kappa shape index (κ1) is 13.5. The molecule has 2 aromatic rings. The fourth-order valence-corrected chi connectivity index (χ4v) is 4.39. The molecule has 1 heterocycles. The Hall–Kier alpha value is -0.450. The number of imidazole rings is 1. The van der Waals surface area contributed by atoms with Gasteiger partial charge < -0.3 is 9.55 Å². The predicted molar refractivity (Wildman–Crippen MR) is 86.9 cm³/mol. The third-order valence-corrected chi connectivity index (χ3v) is 5.77. The van der Waals surface area contributed by atoms with Gasteiger partial charge in [-0.05, 0) is 56.3 Å². The molecule has 3 rings (SSSR count). The zero-order valence-corrected chi connectivity index (χ0v) is 13.2. The Balaban J connectivity index is 2.01. The lowest BCUT2D eigenvalue weighted by Crippen LogP contribution is -2.19. The van der Waals surface area contributed by atoms with Gasteiger partial charge in [-0.2, -0.15) is 11.8 Å². The monoisotopic (exact) mass is 312 g/mol. The van der Waals surface area contributed by atoms with Crippen LogP contribution in [0.1, 0.15) is 31.7 Å². The van der Waals surface area contributed by atoms with E-state index in [1.165, 1.54) is 25.7 Å². The Morgan fingerprint density at radius 2 is 2.05 bits per heavy atom. The van der Waals surface area contributed by atoms with Crippen LogP contribution in [0.5, 0.6) is 0 Å². The van der Waals surface area contributed by atoms with Gasteiger partial charge in [0.25, 0.3) is 0 Å². The number of benzene rings is 1. The van der Waals surface area contributed by atoms with Gasteiger partial charge in [0, 0.05) is 11.3 Å². The molecule has 2 nitrogen and oxygen atoms in total. The lowest BCUT2D eigenvalue weighted by molar-refractivity contribution is 0.364. The SMILES string of the molecule is CSC1CCC(n2c(=S)[nH]c3cccc(Cl)c32)CC1. The third-order valence-electron chi connectivity index (χ3n) is 4.03. The first-order valence-corrected chi connectivity index (χ1v) is 8.69. The van der Waals surface area contributed by atoms with E-state index < -0.39 is 0 Å². The summed E-state index contributed by atoms with van der Waals surface area (Å²) in [5.41, 5.74) is 2.12. The fraction of sp³-hybridized carbons (Fsp3) is 0.500. The summed E-state index contributed by atoms with van der Waals surface area (Å²) in [6, 6.07) is 6.44. The maximum Gasteiger partial charge on any atom is 0.178 e. The van der Waals surface area contributed by atoms with Gasteiger partial charge in [-0.25, -0.2) is 0 Å². The van der Waals surface area contributed by atoms with Crippen molar-refractivity contribution in [1.29, 1.82) is 0 Å². The number of thioether (sulfide) groups is 1. The first-order valence-electron chi connectivity index (χ1n) is 6.62. The molecule has 1 aliphatic carbocycles. The van der Waals surface area contributed by atoms with E-state index in [1.54, 1.807) is 0 Å². The molecular weight excluding hydrogens is 296 g/mol. The Labute approximate surface area is 127 Å². The van der Waals surface area contributed by atoms with Gasteiger partial charge in [-0.15, -0.1) is 0 Å².